The van der Waals surface area contributed by atoms with Crippen LogP contribution in [0.25, 0.3) is 0 Å². The highest BCUT2D eigenvalue weighted by Crippen LogP contribution is 2.12. The lowest BCUT2D eigenvalue weighted by molar-refractivity contribution is 0.126. The van der Waals surface area contributed by atoms with Gasteiger partial charge in [0.25, 0.3) is 0 Å². The Morgan fingerprint density at radius 1 is 1.44 bits per heavy atom. The molecular weight excluding hydrogens is 252 g/mol. The number of amides is 1. The first-order valence-corrected chi connectivity index (χ1v) is 6.48. The van der Waals surface area contributed by atoms with Gasteiger partial charge in [-0.2, -0.15) is 0 Å². The first-order chi connectivity index (χ1) is 8.65. The van der Waals surface area contributed by atoms with Crippen molar-refractivity contribution < 1.29 is 9.90 Å². The summed E-state index contributed by atoms with van der Waals surface area (Å²) in [6.07, 6.45) is 1.12. The van der Waals surface area contributed by atoms with E-state index < -0.39 is 6.09 Å². The van der Waals surface area contributed by atoms with Crippen molar-refractivity contribution in [3.63, 3.8) is 0 Å². The van der Waals surface area contributed by atoms with Crippen LogP contribution >= 0.6 is 11.6 Å². The highest BCUT2D eigenvalue weighted by atomic mass is 35.5. The molecule has 0 spiro atoms. The van der Waals surface area contributed by atoms with E-state index in [9.17, 15) is 4.79 Å². The van der Waals surface area contributed by atoms with Crippen molar-refractivity contribution in [1.29, 1.82) is 0 Å². The number of benzene rings is 1. The molecule has 0 unspecified atom stereocenters. The summed E-state index contributed by atoms with van der Waals surface area (Å²) in [6, 6.07) is 7.93. The number of halogens is 1. The molecule has 5 heteroatoms. The highest BCUT2D eigenvalue weighted by Gasteiger charge is 2.22. The third-order valence-electron chi connectivity index (χ3n) is 3.20. The Balaban J connectivity index is 1.82. The van der Waals surface area contributed by atoms with Gasteiger partial charge in [0, 0.05) is 30.7 Å². The second kappa shape index (κ2) is 6.07. The van der Waals surface area contributed by atoms with Crippen molar-refractivity contribution in [1.82, 2.24) is 10.2 Å². The minimum Gasteiger partial charge on any atom is -0.465 e. The quantitative estimate of drug-likeness (QED) is 0.886. The molecule has 0 saturated carbocycles. The molecule has 18 heavy (non-hydrogen) atoms. The lowest BCUT2D eigenvalue weighted by Crippen LogP contribution is -2.47. The van der Waals surface area contributed by atoms with Crippen LogP contribution in [0.1, 0.15) is 18.4 Å². The normalized spacial score (nSPS) is 19.8. The lowest BCUT2D eigenvalue weighted by Gasteiger charge is -2.31. The number of nitrogens with zero attached hydrogens (tertiary/aromatic N) is 1. The van der Waals surface area contributed by atoms with Crippen molar-refractivity contribution in [2.45, 2.75) is 25.4 Å². The van der Waals surface area contributed by atoms with Gasteiger partial charge >= 0.3 is 6.09 Å². The predicted molar refractivity (Wildman–Crippen MR) is 70.9 cm³/mol. The maximum atomic E-state index is 10.9. The zero-order valence-electron chi connectivity index (χ0n) is 10.1. The Labute approximate surface area is 112 Å². The summed E-state index contributed by atoms with van der Waals surface area (Å²) in [7, 11) is 0. The van der Waals surface area contributed by atoms with Gasteiger partial charge in [-0.15, -0.1) is 0 Å². The van der Waals surface area contributed by atoms with Gasteiger partial charge in [0.2, 0.25) is 0 Å². The van der Waals surface area contributed by atoms with Crippen molar-refractivity contribution >= 4 is 17.7 Å². The molecule has 4 nitrogen and oxygen atoms in total. The van der Waals surface area contributed by atoms with Gasteiger partial charge in [-0.25, -0.2) is 4.79 Å². The van der Waals surface area contributed by atoms with Crippen LogP contribution in [-0.4, -0.2) is 35.2 Å². The molecule has 2 rings (SSSR count). The molecule has 1 saturated heterocycles. The molecule has 1 aliphatic heterocycles. The predicted octanol–water partition coefficient (Wildman–Crippen LogP) is 2.57. The van der Waals surface area contributed by atoms with Crippen LogP contribution in [0.5, 0.6) is 0 Å². The molecule has 1 fully saturated rings. The second-order valence-electron chi connectivity index (χ2n) is 4.58. The summed E-state index contributed by atoms with van der Waals surface area (Å²) in [4.78, 5) is 12.4. The molecule has 98 valence electrons. The van der Waals surface area contributed by atoms with Crippen LogP contribution in [-0.2, 0) is 6.54 Å². The van der Waals surface area contributed by atoms with Crippen molar-refractivity contribution in [2.75, 3.05) is 13.1 Å². The van der Waals surface area contributed by atoms with E-state index >= 15 is 0 Å². The van der Waals surface area contributed by atoms with E-state index in [2.05, 4.69) is 5.32 Å². The molecule has 0 aliphatic carbocycles. The van der Waals surface area contributed by atoms with Gasteiger partial charge in [0.15, 0.2) is 0 Å². The zero-order chi connectivity index (χ0) is 13.0. The Bertz CT molecular complexity index is 408. The van der Waals surface area contributed by atoms with Gasteiger partial charge in [-0.1, -0.05) is 23.7 Å². The fourth-order valence-corrected chi connectivity index (χ4v) is 2.31. The smallest absolute Gasteiger partial charge is 0.407 e. The molecule has 1 heterocycles. The maximum Gasteiger partial charge on any atom is 0.407 e. The van der Waals surface area contributed by atoms with Crippen molar-refractivity contribution in [3.8, 4) is 0 Å². The molecule has 0 radical (unpaired) electrons. The summed E-state index contributed by atoms with van der Waals surface area (Å²) < 4.78 is 0. The molecule has 1 amide bonds. The topological polar surface area (TPSA) is 52.6 Å². The lowest BCUT2D eigenvalue weighted by atomic mass is 10.1. The van der Waals surface area contributed by atoms with E-state index in [1.807, 2.05) is 24.3 Å². The maximum absolute atomic E-state index is 10.9. The van der Waals surface area contributed by atoms with Crippen LogP contribution in [0.2, 0.25) is 5.02 Å². The molecule has 1 atom stereocenters. The third kappa shape index (κ3) is 3.62. The fourth-order valence-electron chi connectivity index (χ4n) is 2.18. The number of hydrogen-bond donors (Lipinski definition) is 2. The Morgan fingerprint density at radius 2 is 2.17 bits per heavy atom. The van der Waals surface area contributed by atoms with E-state index in [0.717, 1.165) is 30.0 Å². The Hall–Kier alpha value is -1.26. The van der Waals surface area contributed by atoms with E-state index in [0.29, 0.717) is 13.1 Å². The summed E-state index contributed by atoms with van der Waals surface area (Å²) in [6.45, 7) is 1.96. The number of hydrogen-bond acceptors (Lipinski definition) is 2. The minimum atomic E-state index is -0.826. The van der Waals surface area contributed by atoms with Crippen LogP contribution in [0, 0.1) is 0 Å². The number of likely N-dealkylation sites (tertiary alicyclic amines) is 1. The van der Waals surface area contributed by atoms with E-state index in [4.69, 9.17) is 16.7 Å². The van der Waals surface area contributed by atoms with Crippen molar-refractivity contribution in [3.05, 3.63) is 34.9 Å². The number of nitrogens with one attached hydrogen (secondary N) is 1. The summed E-state index contributed by atoms with van der Waals surface area (Å²) in [5, 5.41) is 13.1. The van der Waals surface area contributed by atoms with Crippen molar-refractivity contribution in [2.24, 2.45) is 0 Å². The number of carboxylic acid groups (broad SMARTS) is 1. The largest absolute Gasteiger partial charge is 0.465 e. The molecule has 1 aromatic carbocycles. The number of piperidine rings is 1. The molecule has 2 N–H and O–H groups in total. The van der Waals surface area contributed by atoms with Crippen LogP contribution in [0.3, 0.4) is 0 Å². The molecule has 0 aromatic heterocycles. The van der Waals surface area contributed by atoms with Gasteiger partial charge in [-0.05, 0) is 30.5 Å². The second-order valence-corrected chi connectivity index (χ2v) is 5.01. The van der Waals surface area contributed by atoms with E-state index in [-0.39, 0.29) is 6.04 Å². The summed E-state index contributed by atoms with van der Waals surface area (Å²) >= 11 is 5.82. The van der Waals surface area contributed by atoms with Gasteiger partial charge in [0.1, 0.15) is 0 Å². The SMILES string of the molecule is O=C(O)N1CCC[C@@H](NCc2ccc(Cl)cc2)C1. The van der Waals surface area contributed by atoms with Gasteiger partial charge in [-0.3, -0.25) is 0 Å². The van der Waals surface area contributed by atoms with Gasteiger partial charge in [0.05, 0.1) is 0 Å². The minimum absolute atomic E-state index is 0.241. The Kier molecular flexibility index (Phi) is 4.44. The molecular formula is C13H17ClN2O2. The van der Waals surface area contributed by atoms with Gasteiger partial charge < -0.3 is 15.3 Å². The Morgan fingerprint density at radius 3 is 2.83 bits per heavy atom. The average molecular weight is 269 g/mol. The first-order valence-electron chi connectivity index (χ1n) is 6.11. The molecule has 0 bridgehead atoms. The monoisotopic (exact) mass is 268 g/mol. The average Bonchev–Trinajstić information content (AvgIpc) is 2.38. The van der Waals surface area contributed by atoms with Crippen LogP contribution in [0.15, 0.2) is 24.3 Å². The summed E-state index contributed by atoms with van der Waals surface area (Å²) in [5.74, 6) is 0. The number of carbonyl (C=O) groups is 1. The van der Waals surface area contributed by atoms with E-state index in [1.54, 1.807) is 0 Å². The zero-order valence-corrected chi connectivity index (χ0v) is 10.9. The third-order valence-corrected chi connectivity index (χ3v) is 3.45. The fraction of sp³-hybridized carbons (Fsp3) is 0.462. The first kappa shape index (κ1) is 13.2. The van der Waals surface area contributed by atoms with Crippen LogP contribution < -0.4 is 5.32 Å². The molecule has 1 aliphatic rings. The van der Waals surface area contributed by atoms with E-state index in [1.165, 1.54) is 4.90 Å². The molecule has 1 aromatic rings. The summed E-state index contributed by atoms with van der Waals surface area (Å²) in [5.41, 5.74) is 1.16. The highest BCUT2D eigenvalue weighted by molar-refractivity contribution is 6.30. The standard InChI is InChI=1S/C13H17ClN2O2/c14-11-5-3-10(4-6-11)8-15-12-2-1-7-16(9-12)13(17)18/h3-6,12,15H,1-2,7-9H2,(H,17,18)/t12-/m1/s1. The van der Waals surface area contributed by atoms with Crippen LogP contribution in [0.4, 0.5) is 4.79 Å². The number of rotatable bonds is 3.